The number of fused-ring (bicyclic) bond motifs is 6. The summed E-state index contributed by atoms with van der Waals surface area (Å²) in [5, 5.41) is 113. The summed E-state index contributed by atoms with van der Waals surface area (Å²) in [5.41, 5.74) is -3.67. The minimum atomic E-state index is -1.35. The summed E-state index contributed by atoms with van der Waals surface area (Å²) in [4.78, 5) is 61.3. The summed E-state index contributed by atoms with van der Waals surface area (Å²) in [6, 6.07) is -2.73. The molecule has 5 amide bonds. The van der Waals surface area contributed by atoms with E-state index < -0.39 is 114 Å². The van der Waals surface area contributed by atoms with Crippen LogP contribution in [0.3, 0.4) is 0 Å². The zero-order valence-corrected chi connectivity index (χ0v) is 70.5. The summed E-state index contributed by atoms with van der Waals surface area (Å²) in [6.45, 7) is 10.5. The van der Waals surface area contributed by atoms with Crippen LogP contribution in [0.1, 0.15) is 89.2 Å². The Hall–Kier alpha value is -6.35. The van der Waals surface area contributed by atoms with Crippen LogP contribution in [0.5, 0.6) is 0 Å². The number of hydrogen-bond acceptors (Lipinski definition) is 39. The number of aromatic nitrogens is 9. The molecule has 6 saturated heterocycles. The molecular weight excluding hydrogens is 1640 g/mol. The van der Waals surface area contributed by atoms with E-state index >= 15 is 0 Å². The second kappa shape index (κ2) is 54.1. The first-order valence-corrected chi connectivity index (χ1v) is 41.9. The van der Waals surface area contributed by atoms with E-state index in [1.54, 1.807) is 32.6 Å². The SMILES string of the molecule is CC(=O)N[C@H]1[C@H]2OC[C@@](COCCOCCOCCOCCn3cc(COCC(COCc4cn(CCOCCOCCOCCOC[C@]56CO[C@@H](O5)[C@H](NC(C)=O)[C@@H](O)[C@H]6O)nn4)(COCc4cn(CCOCCOCCOCCOC[C@]56CO[C@@H](O5)[C@H](NC(C)=O)[C@@H](O)[C@H]6O)nn4)NC(=O)CCCCCNC(=O)CCCCCO)nn3)(O2)[C@H](O)[C@@H]1O. The summed E-state index contributed by atoms with van der Waals surface area (Å²) < 4.78 is 127. The Labute approximate surface area is 712 Å². The van der Waals surface area contributed by atoms with E-state index in [1.807, 2.05) is 0 Å². The Morgan fingerprint density at radius 2 is 0.691 bits per heavy atom. The molecule has 6 aliphatic heterocycles. The first kappa shape index (κ1) is 100. The molecule has 0 aliphatic carbocycles. The van der Waals surface area contributed by atoms with Crippen LogP contribution >= 0.6 is 0 Å². The third kappa shape index (κ3) is 33.3. The molecular formula is C76H128N14O33. The Morgan fingerprint density at radius 1 is 0.398 bits per heavy atom. The number of aliphatic hydroxyl groups is 7. The molecule has 6 fully saturated rings. The molecule has 15 atom stereocenters. The van der Waals surface area contributed by atoms with Crippen molar-refractivity contribution in [1.29, 1.82) is 0 Å². The first-order chi connectivity index (χ1) is 59.6. The molecule has 9 rings (SSSR count). The maximum absolute atomic E-state index is 14.1. The minimum absolute atomic E-state index is 0.0170. The van der Waals surface area contributed by atoms with E-state index in [0.717, 1.165) is 6.42 Å². The van der Waals surface area contributed by atoms with Gasteiger partial charge in [0.2, 0.25) is 29.5 Å². The maximum Gasteiger partial charge on any atom is 0.220 e. The number of carbonyl (C=O) groups is 5. The Bertz CT molecular complexity index is 3200. The van der Waals surface area contributed by atoms with Gasteiger partial charge in [-0.3, -0.25) is 24.0 Å². The molecule has 6 aliphatic rings. The van der Waals surface area contributed by atoms with Crippen molar-refractivity contribution >= 4 is 29.5 Å². The molecule has 3 aromatic heterocycles. The van der Waals surface area contributed by atoms with Crippen LogP contribution in [0.25, 0.3) is 0 Å². The standard InChI is InChI=1S/C76H128N14O33/c1-53(92)78-61-64(97)67(100)74(50-118-70(61)121-74)47-112-35-32-109-29-26-106-23-20-103-17-13-88-38-56(82-85-88)41-115-44-73(81-60(96)11-6-4-8-12-77-59(95)10-7-5-9-16-91,45-116-42-57-39-89(86-83-57)14-18-104-21-24-107-27-30-110-33-36-113-48-75-51-119-71(122-75)62(79-54(2)93)65(98)68(75)101)46-117-43-58-40-90(87-84-58)15-19-105-22-25-108-28-31-111-34-37-114-49-76-52-120-72(123-76)63(80-55(3)94)66(99)69(76)102/h38-40,61-72,91,97-102H,4-37,41-52H2,1-3H3,(H,77,95)(H,78,92)(H,79,93)(H,80,94)(H,81,96)/t61-,62-,63-,64-,65-,66-,67-,68-,69-,70+,71+,72+,74-,75-,76-/m1/s1. The normalized spacial score (nSPS) is 25.9. The molecule has 0 radical (unpaired) electrons. The van der Waals surface area contributed by atoms with Gasteiger partial charge in [-0.2, -0.15) is 0 Å². The number of unbranched alkanes of at least 4 members (excludes halogenated alkanes) is 4. The summed E-state index contributed by atoms with van der Waals surface area (Å²) in [5.74, 6) is -1.54. The number of carbonyl (C=O) groups excluding carboxylic acids is 5. The zero-order chi connectivity index (χ0) is 87.6. The predicted octanol–water partition coefficient (Wildman–Crippen LogP) is -6.25. The maximum atomic E-state index is 14.1. The van der Waals surface area contributed by atoms with Gasteiger partial charge in [-0.25, -0.2) is 14.0 Å². The summed E-state index contributed by atoms with van der Waals surface area (Å²) >= 11 is 0. The second-order valence-corrected chi connectivity index (χ2v) is 30.7. The number of hydrogen-bond donors (Lipinski definition) is 12. The van der Waals surface area contributed by atoms with E-state index in [-0.39, 0.29) is 164 Å². The van der Waals surface area contributed by atoms with Crippen LogP contribution in [0.15, 0.2) is 18.6 Å². The number of nitrogens with one attached hydrogen (secondary N) is 5. The molecule has 12 N–H and O–H groups in total. The first-order valence-electron chi connectivity index (χ1n) is 41.9. The quantitative estimate of drug-likeness (QED) is 0.0234. The van der Waals surface area contributed by atoms with Gasteiger partial charge in [-0.15, -0.1) is 15.3 Å². The molecule has 0 saturated carbocycles. The fraction of sp³-hybridized carbons (Fsp3) is 0.855. The highest BCUT2D eigenvalue weighted by atomic mass is 16.8. The minimum Gasteiger partial charge on any atom is -0.396 e. The van der Waals surface area contributed by atoms with Gasteiger partial charge in [0.1, 0.15) is 94.2 Å². The fourth-order valence-electron chi connectivity index (χ4n) is 14.1. The fourth-order valence-corrected chi connectivity index (χ4v) is 14.1. The van der Waals surface area contributed by atoms with E-state index in [2.05, 4.69) is 57.5 Å². The van der Waals surface area contributed by atoms with Crippen LogP contribution in [-0.2, 0) is 163 Å². The third-order valence-corrected chi connectivity index (χ3v) is 20.5. The smallest absolute Gasteiger partial charge is 0.220 e. The van der Waals surface area contributed by atoms with Crippen LogP contribution in [0.2, 0.25) is 0 Å². The highest BCUT2D eigenvalue weighted by molar-refractivity contribution is 5.77. The van der Waals surface area contributed by atoms with Gasteiger partial charge >= 0.3 is 0 Å². The van der Waals surface area contributed by atoms with Gasteiger partial charge in [-0.1, -0.05) is 28.5 Å². The lowest BCUT2D eigenvalue weighted by atomic mass is 9.88. The van der Waals surface area contributed by atoms with Crippen molar-refractivity contribution in [1.82, 2.24) is 71.6 Å². The molecule has 9 heterocycles. The summed E-state index contributed by atoms with van der Waals surface area (Å²) in [6.07, 6.45) is -1.12. The van der Waals surface area contributed by atoms with Crippen molar-refractivity contribution in [2.24, 2.45) is 0 Å². The van der Waals surface area contributed by atoms with E-state index in [4.69, 9.17) is 105 Å². The largest absolute Gasteiger partial charge is 0.396 e. The molecule has 0 aromatic carbocycles. The lowest BCUT2D eigenvalue weighted by molar-refractivity contribution is -0.238. The number of ether oxygens (including phenoxy) is 21. The molecule has 47 heteroatoms. The Balaban J connectivity index is 0.695. The average molecular weight is 1770 g/mol. The van der Waals surface area contributed by atoms with Crippen LogP contribution in [-0.4, -0.2) is 418 Å². The van der Waals surface area contributed by atoms with Crippen LogP contribution < -0.4 is 26.6 Å². The van der Waals surface area contributed by atoms with Gasteiger partial charge in [-0.05, 0) is 25.7 Å². The number of amides is 5. The Kier molecular flexibility index (Phi) is 44.2. The highest BCUT2D eigenvalue weighted by Crippen LogP contribution is 2.40. The Morgan fingerprint density at radius 3 is 1.00 bits per heavy atom. The summed E-state index contributed by atoms with van der Waals surface area (Å²) in [7, 11) is 0. The van der Waals surface area contributed by atoms with Gasteiger partial charge in [0.05, 0.1) is 256 Å². The van der Waals surface area contributed by atoms with Gasteiger partial charge in [0.15, 0.2) is 18.9 Å². The van der Waals surface area contributed by atoms with Crippen molar-refractivity contribution in [2.75, 3.05) is 211 Å². The van der Waals surface area contributed by atoms with Gasteiger partial charge < -0.3 is 162 Å². The van der Waals surface area contributed by atoms with Crippen molar-refractivity contribution in [2.45, 2.75) is 208 Å². The monoisotopic (exact) mass is 1760 g/mol. The van der Waals surface area contributed by atoms with Crippen molar-refractivity contribution in [3.63, 3.8) is 0 Å². The molecule has 0 unspecified atom stereocenters. The lowest BCUT2D eigenvalue weighted by Crippen LogP contribution is -2.66. The third-order valence-electron chi connectivity index (χ3n) is 20.5. The van der Waals surface area contributed by atoms with Gasteiger partial charge in [0, 0.05) is 46.8 Å². The number of rotatable bonds is 69. The van der Waals surface area contributed by atoms with E-state index in [1.165, 1.54) is 20.8 Å². The molecule has 123 heavy (non-hydrogen) atoms. The van der Waals surface area contributed by atoms with Crippen molar-refractivity contribution in [3.05, 3.63) is 35.7 Å². The zero-order valence-electron chi connectivity index (χ0n) is 70.5. The number of aliphatic hydroxyl groups excluding tert-OH is 7. The van der Waals surface area contributed by atoms with Gasteiger partial charge in [0.25, 0.3) is 0 Å². The van der Waals surface area contributed by atoms with E-state index in [0.29, 0.717) is 161 Å². The van der Waals surface area contributed by atoms with Crippen molar-refractivity contribution < 1.29 is 159 Å². The van der Waals surface area contributed by atoms with E-state index in [9.17, 15) is 54.6 Å². The molecule has 47 nitrogen and oxygen atoms in total. The lowest BCUT2D eigenvalue weighted by Gasteiger charge is -2.42. The number of nitrogens with zero attached hydrogens (tertiary/aromatic N) is 9. The second-order valence-electron chi connectivity index (χ2n) is 30.7. The molecule has 700 valence electrons. The van der Waals surface area contributed by atoms with Crippen molar-refractivity contribution in [3.8, 4) is 0 Å². The predicted molar refractivity (Wildman–Crippen MR) is 416 cm³/mol. The van der Waals surface area contributed by atoms with Crippen LogP contribution in [0.4, 0.5) is 0 Å². The molecule has 6 bridgehead atoms. The van der Waals surface area contributed by atoms with Crippen LogP contribution in [0, 0.1) is 0 Å². The topological polar surface area (TPSA) is 573 Å². The highest BCUT2D eigenvalue weighted by Gasteiger charge is 2.62. The molecule has 0 spiro atoms. The average Bonchev–Trinajstić information content (AvgIpc) is 1.62. The molecule has 3 aromatic rings.